The van der Waals surface area contributed by atoms with Crippen molar-refractivity contribution in [3.05, 3.63) is 36.3 Å². The molecule has 2 aromatic heterocycles. The summed E-state index contributed by atoms with van der Waals surface area (Å²) in [7, 11) is 1.73. The Morgan fingerprint density at radius 1 is 1.41 bits per heavy atom. The van der Waals surface area contributed by atoms with Gasteiger partial charge in [-0.25, -0.2) is 4.98 Å². The molecule has 0 unspecified atom stereocenters. The first-order valence-electron chi connectivity index (χ1n) is 5.79. The molecule has 0 amide bonds. The highest BCUT2D eigenvalue weighted by molar-refractivity contribution is 5.39. The lowest BCUT2D eigenvalue weighted by Crippen LogP contribution is -2.36. The molecule has 0 spiro atoms. The van der Waals surface area contributed by atoms with E-state index in [2.05, 4.69) is 24.1 Å². The van der Waals surface area contributed by atoms with Crippen LogP contribution < -0.4 is 5.32 Å². The van der Waals surface area contributed by atoms with Gasteiger partial charge in [0.05, 0.1) is 11.3 Å². The molecule has 2 rings (SSSR count). The molecule has 1 N–H and O–H groups in total. The van der Waals surface area contributed by atoms with E-state index in [0.717, 1.165) is 24.4 Å². The zero-order valence-corrected chi connectivity index (χ0v) is 10.6. The molecule has 92 valence electrons. The lowest BCUT2D eigenvalue weighted by Gasteiger charge is -2.22. The molecule has 0 aliphatic rings. The van der Waals surface area contributed by atoms with Crippen molar-refractivity contribution in [3.63, 3.8) is 0 Å². The molecule has 17 heavy (non-hydrogen) atoms. The summed E-state index contributed by atoms with van der Waals surface area (Å²) < 4.78 is 7.37. The molecule has 2 aromatic rings. The number of methoxy groups -OCH3 is 1. The molecule has 0 saturated heterocycles. The maximum absolute atomic E-state index is 5.35. The van der Waals surface area contributed by atoms with Crippen LogP contribution in [0.25, 0.3) is 5.65 Å². The van der Waals surface area contributed by atoms with Gasteiger partial charge in [0.25, 0.3) is 0 Å². The van der Waals surface area contributed by atoms with Crippen LogP contribution in [-0.2, 0) is 11.3 Å². The SMILES string of the molecule is COC(C)(C)CNCc1cn2ccccc2n1. The first kappa shape index (κ1) is 12.1. The van der Waals surface area contributed by atoms with Crippen molar-refractivity contribution in [2.75, 3.05) is 13.7 Å². The summed E-state index contributed by atoms with van der Waals surface area (Å²) >= 11 is 0. The van der Waals surface area contributed by atoms with Crippen LogP contribution in [0, 0.1) is 0 Å². The van der Waals surface area contributed by atoms with Crippen molar-refractivity contribution in [1.82, 2.24) is 14.7 Å². The molecule has 0 aliphatic heterocycles. The van der Waals surface area contributed by atoms with Gasteiger partial charge in [-0.2, -0.15) is 0 Å². The minimum atomic E-state index is -0.140. The number of aromatic nitrogens is 2. The van der Waals surface area contributed by atoms with E-state index >= 15 is 0 Å². The van der Waals surface area contributed by atoms with E-state index in [-0.39, 0.29) is 5.60 Å². The molecule has 0 fully saturated rings. The molecule has 0 atom stereocenters. The van der Waals surface area contributed by atoms with Crippen LogP contribution in [0.5, 0.6) is 0 Å². The standard InChI is InChI=1S/C13H19N3O/c1-13(2,17-3)10-14-8-11-9-16-7-5-4-6-12(16)15-11/h4-7,9,14H,8,10H2,1-3H3. The zero-order valence-electron chi connectivity index (χ0n) is 10.6. The van der Waals surface area contributed by atoms with Crippen molar-refractivity contribution in [1.29, 1.82) is 0 Å². The molecule has 0 saturated carbocycles. The van der Waals surface area contributed by atoms with Crippen LogP contribution >= 0.6 is 0 Å². The first-order valence-corrected chi connectivity index (χ1v) is 5.79. The number of imidazole rings is 1. The Balaban J connectivity index is 1.95. The van der Waals surface area contributed by atoms with E-state index in [9.17, 15) is 0 Å². The van der Waals surface area contributed by atoms with Gasteiger partial charge < -0.3 is 14.5 Å². The number of fused-ring (bicyclic) bond motifs is 1. The number of hydrogen-bond acceptors (Lipinski definition) is 3. The van der Waals surface area contributed by atoms with E-state index in [1.54, 1.807) is 7.11 Å². The summed E-state index contributed by atoms with van der Waals surface area (Å²) in [6.07, 6.45) is 4.05. The maximum Gasteiger partial charge on any atom is 0.137 e. The molecule has 0 aromatic carbocycles. The fourth-order valence-corrected chi connectivity index (χ4v) is 1.64. The predicted octanol–water partition coefficient (Wildman–Crippen LogP) is 1.85. The number of hydrogen-bond donors (Lipinski definition) is 1. The smallest absolute Gasteiger partial charge is 0.137 e. The van der Waals surface area contributed by atoms with E-state index < -0.39 is 0 Å². The van der Waals surface area contributed by atoms with Crippen molar-refractivity contribution in [2.45, 2.75) is 26.0 Å². The van der Waals surface area contributed by atoms with Gasteiger partial charge in [-0.1, -0.05) is 6.07 Å². The van der Waals surface area contributed by atoms with E-state index in [1.807, 2.05) is 35.0 Å². The Morgan fingerprint density at radius 3 is 2.94 bits per heavy atom. The van der Waals surface area contributed by atoms with Crippen LogP contribution in [0.1, 0.15) is 19.5 Å². The van der Waals surface area contributed by atoms with Gasteiger partial charge in [0, 0.05) is 32.6 Å². The van der Waals surface area contributed by atoms with Gasteiger partial charge in [0.1, 0.15) is 5.65 Å². The summed E-state index contributed by atoms with van der Waals surface area (Å²) in [5, 5.41) is 3.35. The Morgan fingerprint density at radius 2 is 2.24 bits per heavy atom. The Hall–Kier alpha value is -1.39. The average molecular weight is 233 g/mol. The summed E-state index contributed by atoms with van der Waals surface area (Å²) in [6.45, 7) is 5.68. The first-order chi connectivity index (χ1) is 8.11. The van der Waals surface area contributed by atoms with Gasteiger partial charge in [0.2, 0.25) is 0 Å². The van der Waals surface area contributed by atoms with Crippen LogP contribution in [-0.4, -0.2) is 28.6 Å². The summed E-state index contributed by atoms with van der Waals surface area (Å²) in [6, 6.07) is 6.00. The highest BCUT2D eigenvalue weighted by atomic mass is 16.5. The summed E-state index contributed by atoms with van der Waals surface area (Å²) in [4.78, 5) is 4.52. The van der Waals surface area contributed by atoms with Crippen molar-refractivity contribution >= 4 is 5.65 Å². The van der Waals surface area contributed by atoms with Gasteiger partial charge in [0.15, 0.2) is 0 Å². The van der Waals surface area contributed by atoms with Crippen LogP contribution in [0.3, 0.4) is 0 Å². The molecule has 0 radical (unpaired) electrons. The summed E-state index contributed by atoms with van der Waals surface area (Å²) in [5.74, 6) is 0. The molecule has 4 heteroatoms. The average Bonchev–Trinajstić information content (AvgIpc) is 2.71. The largest absolute Gasteiger partial charge is 0.377 e. The number of nitrogens with one attached hydrogen (secondary N) is 1. The number of rotatable bonds is 5. The molecule has 0 bridgehead atoms. The highest BCUT2D eigenvalue weighted by Crippen LogP contribution is 2.07. The van der Waals surface area contributed by atoms with Gasteiger partial charge in [-0.3, -0.25) is 0 Å². The number of nitrogens with zero attached hydrogens (tertiary/aromatic N) is 2. The zero-order chi connectivity index (χ0) is 12.3. The third kappa shape index (κ3) is 3.05. The molecule has 4 nitrogen and oxygen atoms in total. The van der Waals surface area contributed by atoms with E-state index in [1.165, 1.54) is 0 Å². The second-order valence-corrected chi connectivity index (χ2v) is 4.77. The minimum Gasteiger partial charge on any atom is -0.377 e. The predicted molar refractivity (Wildman–Crippen MR) is 68.0 cm³/mol. The number of pyridine rings is 1. The van der Waals surface area contributed by atoms with E-state index in [4.69, 9.17) is 4.74 Å². The Kier molecular flexibility index (Phi) is 3.45. The van der Waals surface area contributed by atoms with Crippen LogP contribution in [0.15, 0.2) is 30.6 Å². The minimum absolute atomic E-state index is 0.140. The van der Waals surface area contributed by atoms with Crippen LogP contribution in [0.4, 0.5) is 0 Å². The summed E-state index contributed by atoms with van der Waals surface area (Å²) in [5.41, 5.74) is 1.89. The van der Waals surface area contributed by atoms with Gasteiger partial charge >= 0.3 is 0 Å². The van der Waals surface area contributed by atoms with Crippen molar-refractivity contribution in [2.24, 2.45) is 0 Å². The van der Waals surface area contributed by atoms with Crippen molar-refractivity contribution in [3.8, 4) is 0 Å². The second-order valence-electron chi connectivity index (χ2n) is 4.77. The fraction of sp³-hybridized carbons (Fsp3) is 0.462. The van der Waals surface area contributed by atoms with Crippen molar-refractivity contribution < 1.29 is 4.74 Å². The fourth-order valence-electron chi connectivity index (χ4n) is 1.64. The second kappa shape index (κ2) is 4.85. The quantitative estimate of drug-likeness (QED) is 0.856. The number of ether oxygens (including phenoxy) is 1. The third-order valence-electron chi connectivity index (χ3n) is 2.82. The molecule has 0 aliphatic carbocycles. The topological polar surface area (TPSA) is 38.6 Å². The van der Waals surface area contributed by atoms with Gasteiger partial charge in [-0.05, 0) is 26.0 Å². The maximum atomic E-state index is 5.35. The monoisotopic (exact) mass is 233 g/mol. The third-order valence-corrected chi connectivity index (χ3v) is 2.82. The lowest BCUT2D eigenvalue weighted by atomic mass is 10.1. The van der Waals surface area contributed by atoms with Crippen LogP contribution in [0.2, 0.25) is 0 Å². The van der Waals surface area contributed by atoms with Gasteiger partial charge in [-0.15, -0.1) is 0 Å². The molecular weight excluding hydrogens is 214 g/mol. The Bertz CT molecular complexity index is 457. The molecule has 2 heterocycles. The van der Waals surface area contributed by atoms with E-state index in [0.29, 0.717) is 0 Å². The normalized spacial score (nSPS) is 12.2. The Labute approximate surface area is 102 Å². The molecular formula is C13H19N3O. The lowest BCUT2D eigenvalue weighted by molar-refractivity contribution is 0.0230. The highest BCUT2D eigenvalue weighted by Gasteiger charge is 2.15.